The summed E-state index contributed by atoms with van der Waals surface area (Å²) in [5.74, 6) is 3.65. The van der Waals surface area contributed by atoms with E-state index in [2.05, 4.69) is 220 Å². The van der Waals surface area contributed by atoms with Crippen LogP contribution in [0.15, 0.2) is 206 Å². The largest absolute Gasteiger partial charge is 0.492 e. The van der Waals surface area contributed by atoms with Crippen LogP contribution in [0.5, 0.6) is 23.0 Å². The standard InChI is InChI=1S/C77H76O4/c1-3-5-7-9-11-17-55-23-27-57(28-24-55)59-31-35-61(36-32-59)63-39-43-69(44-40-63)78-51-67-47-65-49-77(53-80-75(65)73-21-15-13-19-71(67)73)50-66-48-68(72-20-14-16-22-74(72)76(66)81-54-77)52-79-70-45-41-64(42-46-70)62-37-33-60(34-38-62)58-29-25-56(26-30-58)18-12-10-8-6-4-2/h13-16,19-48H,3-12,17-18,49-54H2,1-2H3. The molecule has 1 spiro atoms. The van der Waals surface area contributed by atoms with Gasteiger partial charge in [0, 0.05) is 16.2 Å². The topological polar surface area (TPSA) is 36.9 Å². The first-order valence-corrected chi connectivity index (χ1v) is 30.2. The van der Waals surface area contributed by atoms with E-state index < -0.39 is 0 Å². The summed E-state index contributed by atoms with van der Waals surface area (Å²) in [6, 6.07) is 75.0. The van der Waals surface area contributed by atoms with Crippen LogP contribution in [0.3, 0.4) is 0 Å². The van der Waals surface area contributed by atoms with Crippen molar-refractivity contribution in [3.63, 3.8) is 0 Å². The van der Waals surface area contributed by atoms with Crippen molar-refractivity contribution in [3.8, 4) is 67.5 Å². The summed E-state index contributed by atoms with van der Waals surface area (Å²) >= 11 is 0. The Morgan fingerprint density at radius 2 is 0.654 bits per heavy atom. The lowest BCUT2D eigenvalue weighted by molar-refractivity contribution is 0.0497. The summed E-state index contributed by atoms with van der Waals surface area (Å²) < 4.78 is 26.9. The Labute approximate surface area is 480 Å². The van der Waals surface area contributed by atoms with Gasteiger partial charge in [-0.05, 0) is 164 Å². The molecule has 0 amide bonds. The van der Waals surface area contributed by atoms with E-state index >= 15 is 0 Å². The second kappa shape index (κ2) is 25.2. The van der Waals surface area contributed by atoms with Crippen molar-refractivity contribution in [2.45, 2.75) is 117 Å². The van der Waals surface area contributed by atoms with Gasteiger partial charge in [0.1, 0.15) is 36.2 Å². The molecular weight excluding hydrogens is 989 g/mol. The van der Waals surface area contributed by atoms with Crippen molar-refractivity contribution in [2.24, 2.45) is 5.41 Å². The predicted molar refractivity (Wildman–Crippen MR) is 337 cm³/mol. The van der Waals surface area contributed by atoms with Gasteiger partial charge in [-0.2, -0.15) is 0 Å². The van der Waals surface area contributed by atoms with Gasteiger partial charge in [0.25, 0.3) is 0 Å². The molecule has 0 unspecified atom stereocenters. The maximum atomic E-state index is 6.85. The van der Waals surface area contributed by atoms with E-state index in [1.165, 1.54) is 131 Å². The average Bonchev–Trinajstić information content (AvgIpc) is 3.70. The molecule has 2 aliphatic heterocycles. The first-order valence-electron chi connectivity index (χ1n) is 30.2. The first kappa shape index (κ1) is 53.6. The van der Waals surface area contributed by atoms with Gasteiger partial charge in [-0.3, -0.25) is 0 Å². The second-order valence-corrected chi connectivity index (χ2v) is 23.1. The number of hydrogen-bond acceptors (Lipinski definition) is 4. The minimum absolute atomic E-state index is 0.223. The molecule has 10 aromatic rings. The molecule has 0 fully saturated rings. The number of unbranched alkanes of at least 4 members (excludes halogenated alkanes) is 8. The fraction of sp³-hybridized carbons (Fsp3) is 0.273. The van der Waals surface area contributed by atoms with Crippen molar-refractivity contribution in [3.05, 3.63) is 240 Å². The molecule has 12 rings (SSSR count). The highest BCUT2D eigenvalue weighted by molar-refractivity contribution is 5.94. The van der Waals surface area contributed by atoms with E-state index in [0.29, 0.717) is 26.4 Å². The molecule has 0 radical (unpaired) electrons. The molecule has 408 valence electrons. The highest BCUT2D eigenvalue weighted by Gasteiger charge is 2.42. The smallest absolute Gasteiger partial charge is 0.130 e. The maximum Gasteiger partial charge on any atom is 0.130 e. The lowest BCUT2D eigenvalue weighted by atomic mass is 9.73. The van der Waals surface area contributed by atoms with Gasteiger partial charge < -0.3 is 18.9 Å². The molecule has 81 heavy (non-hydrogen) atoms. The third-order valence-corrected chi connectivity index (χ3v) is 17.1. The highest BCUT2D eigenvalue weighted by atomic mass is 16.5. The van der Waals surface area contributed by atoms with Crippen molar-refractivity contribution in [1.82, 2.24) is 0 Å². The maximum absolute atomic E-state index is 6.85. The van der Waals surface area contributed by atoms with Crippen LogP contribution in [0.4, 0.5) is 0 Å². The molecular formula is C77H76O4. The van der Waals surface area contributed by atoms with Crippen molar-refractivity contribution >= 4 is 21.5 Å². The van der Waals surface area contributed by atoms with Crippen LogP contribution in [0.2, 0.25) is 0 Å². The van der Waals surface area contributed by atoms with Gasteiger partial charge in [0.15, 0.2) is 0 Å². The highest BCUT2D eigenvalue weighted by Crippen LogP contribution is 2.48. The van der Waals surface area contributed by atoms with Gasteiger partial charge in [-0.25, -0.2) is 0 Å². The Hall–Kier alpha value is -8.08. The van der Waals surface area contributed by atoms with E-state index in [-0.39, 0.29) is 5.41 Å². The molecule has 2 aliphatic rings. The zero-order valence-corrected chi connectivity index (χ0v) is 47.5. The number of fused-ring (bicyclic) bond motifs is 6. The van der Waals surface area contributed by atoms with Crippen LogP contribution in [0.1, 0.15) is 111 Å². The molecule has 2 heterocycles. The van der Waals surface area contributed by atoms with E-state index in [9.17, 15) is 0 Å². The number of hydrogen-bond donors (Lipinski definition) is 0. The Morgan fingerprint density at radius 1 is 0.346 bits per heavy atom. The quantitative estimate of drug-likeness (QED) is 0.0634. The van der Waals surface area contributed by atoms with E-state index in [1.54, 1.807) is 0 Å². The van der Waals surface area contributed by atoms with Gasteiger partial charge >= 0.3 is 0 Å². The van der Waals surface area contributed by atoms with E-state index in [0.717, 1.165) is 81.4 Å². The molecule has 0 saturated heterocycles. The Bertz CT molecular complexity index is 3440. The molecule has 4 heteroatoms. The van der Waals surface area contributed by atoms with Gasteiger partial charge in [-0.15, -0.1) is 0 Å². The van der Waals surface area contributed by atoms with Crippen molar-refractivity contribution in [1.29, 1.82) is 0 Å². The minimum Gasteiger partial charge on any atom is -0.492 e. The van der Waals surface area contributed by atoms with Crippen LogP contribution in [0.25, 0.3) is 66.1 Å². The lowest BCUT2D eigenvalue weighted by Crippen LogP contribution is -2.44. The SMILES string of the molecule is CCCCCCCc1ccc(-c2ccc(-c3ccc(OCc4cc5c(c6ccccc46)OCC4(COc6c(cc(COc7ccc(-c8ccc(-c9ccc(CCCCCCC)cc9)cc8)cc7)c7ccccc67)C4)C5)cc3)cc2)cc1. The van der Waals surface area contributed by atoms with Crippen LogP contribution < -0.4 is 18.9 Å². The molecule has 0 bridgehead atoms. The normalized spacial score (nSPS) is 13.4. The number of rotatable bonds is 22. The zero-order valence-electron chi connectivity index (χ0n) is 47.5. The molecule has 0 aromatic heterocycles. The summed E-state index contributed by atoms with van der Waals surface area (Å²) in [5.41, 5.74) is 17.1. The van der Waals surface area contributed by atoms with Crippen LogP contribution in [-0.4, -0.2) is 13.2 Å². The third-order valence-electron chi connectivity index (χ3n) is 17.1. The van der Waals surface area contributed by atoms with E-state index in [4.69, 9.17) is 18.9 Å². The Balaban J connectivity index is 0.688. The van der Waals surface area contributed by atoms with Gasteiger partial charge in [-0.1, -0.05) is 235 Å². The number of ether oxygens (including phenoxy) is 4. The molecule has 10 aromatic carbocycles. The summed E-state index contributed by atoms with van der Waals surface area (Å²) in [5, 5.41) is 4.58. The number of benzene rings is 10. The summed E-state index contributed by atoms with van der Waals surface area (Å²) in [7, 11) is 0. The zero-order chi connectivity index (χ0) is 54.8. The second-order valence-electron chi connectivity index (χ2n) is 23.1. The monoisotopic (exact) mass is 1060 g/mol. The van der Waals surface area contributed by atoms with Crippen molar-refractivity contribution < 1.29 is 18.9 Å². The van der Waals surface area contributed by atoms with Crippen LogP contribution >= 0.6 is 0 Å². The first-order chi connectivity index (χ1) is 40.0. The Morgan fingerprint density at radius 3 is 1.00 bits per heavy atom. The van der Waals surface area contributed by atoms with Gasteiger partial charge in [0.05, 0.1) is 13.2 Å². The minimum atomic E-state index is -0.223. The lowest BCUT2D eigenvalue weighted by Gasteiger charge is -2.42. The van der Waals surface area contributed by atoms with Crippen LogP contribution in [0, 0.1) is 5.41 Å². The number of aryl methyl sites for hydroxylation is 2. The molecule has 0 saturated carbocycles. The van der Waals surface area contributed by atoms with E-state index in [1.807, 2.05) is 0 Å². The molecule has 4 nitrogen and oxygen atoms in total. The molecule has 0 aliphatic carbocycles. The third kappa shape index (κ3) is 12.5. The average molecular weight is 1070 g/mol. The molecule has 0 atom stereocenters. The Kier molecular flexibility index (Phi) is 16.6. The predicted octanol–water partition coefficient (Wildman–Crippen LogP) is 20.4. The summed E-state index contributed by atoms with van der Waals surface area (Å²) in [4.78, 5) is 0. The molecule has 0 N–H and O–H groups in total. The summed E-state index contributed by atoms with van der Waals surface area (Å²) in [6.07, 6.45) is 17.2. The summed E-state index contributed by atoms with van der Waals surface area (Å²) in [6.45, 7) is 6.62. The van der Waals surface area contributed by atoms with Crippen LogP contribution in [-0.2, 0) is 38.9 Å². The van der Waals surface area contributed by atoms with Gasteiger partial charge in [0.2, 0.25) is 0 Å². The fourth-order valence-corrected chi connectivity index (χ4v) is 12.5. The van der Waals surface area contributed by atoms with Crippen molar-refractivity contribution in [2.75, 3.05) is 13.2 Å². The fourth-order valence-electron chi connectivity index (χ4n) is 12.5.